The van der Waals surface area contributed by atoms with Gasteiger partial charge in [0, 0.05) is 0 Å². The van der Waals surface area contributed by atoms with E-state index in [4.69, 9.17) is 5.73 Å². The van der Waals surface area contributed by atoms with E-state index in [1.54, 1.807) is 19.1 Å². The van der Waals surface area contributed by atoms with E-state index in [0.29, 0.717) is 12.0 Å². The minimum Gasteiger partial charge on any atom is -0.369 e. The summed E-state index contributed by atoms with van der Waals surface area (Å²) in [6.45, 7) is 1.69. The molecule has 0 radical (unpaired) electrons. The first kappa shape index (κ1) is 11.2. The normalized spacial score (nSPS) is 12.5. The van der Waals surface area contributed by atoms with E-state index in [9.17, 15) is 9.18 Å². The summed E-state index contributed by atoms with van der Waals surface area (Å²) in [5.74, 6) is -0.697. The molecule has 1 aromatic carbocycles. The summed E-state index contributed by atoms with van der Waals surface area (Å²) in [7, 11) is 0. The Morgan fingerprint density at radius 1 is 1.64 bits per heavy atom. The number of alkyl halides is 1. The van der Waals surface area contributed by atoms with Crippen LogP contribution in [0.25, 0.3) is 0 Å². The molecule has 2 nitrogen and oxygen atoms in total. The van der Waals surface area contributed by atoms with Gasteiger partial charge in [0.05, 0.1) is 4.83 Å². The Kier molecular flexibility index (Phi) is 3.63. The Bertz CT molecular complexity index is 354. The number of halogens is 2. The molecule has 1 atom stereocenters. The third kappa shape index (κ3) is 2.80. The summed E-state index contributed by atoms with van der Waals surface area (Å²) >= 11 is 3.12. The minimum atomic E-state index is -0.440. The van der Waals surface area contributed by atoms with Crippen LogP contribution in [-0.4, -0.2) is 10.7 Å². The molecule has 1 rings (SSSR count). The third-order valence-electron chi connectivity index (χ3n) is 1.96. The lowest BCUT2D eigenvalue weighted by atomic mass is 10.1. The fraction of sp³-hybridized carbons (Fsp3) is 0.300. The maximum atomic E-state index is 13.1. The zero-order valence-corrected chi connectivity index (χ0v) is 9.34. The van der Waals surface area contributed by atoms with Crippen molar-refractivity contribution < 1.29 is 9.18 Å². The fourth-order valence-electron chi connectivity index (χ4n) is 1.07. The zero-order valence-electron chi connectivity index (χ0n) is 7.76. The molecule has 0 spiro atoms. The van der Waals surface area contributed by atoms with Crippen LogP contribution in [0.15, 0.2) is 18.2 Å². The number of carbonyl (C=O) groups excluding carboxylic acids is 1. The average molecular weight is 260 g/mol. The molecule has 14 heavy (non-hydrogen) atoms. The second-order valence-corrected chi connectivity index (χ2v) is 4.26. The molecule has 0 aliphatic rings. The minimum absolute atomic E-state index is 0.258. The number of hydrogen-bond donors (Lipinski definition) is 1. The first-order chi connectivity index (χ1) is 6.50. The lowest BCUT2D eigenvalue weighted by Gasteiger charge is -2.06. The first-order valence-corrected chi connectivity index (χ1v) is 5.10. The molecule has 0 saturated carbocycles. The van der Waals surface area contributed by atoms with Gasteiger partial charge >= 0.3 is 0 Å². The molecule has 0 bridgehead atoms. The smallest absolute Gasteiger partial charge is 0.231 e. The lowest BCUT2D eigenvalue weighted by molar-refractivity contribution is -0.117. The Balaban J connectivity index is 2.78. The van der Waals surface area contributed by atoms with Crippen LogP contribution in [0.4, 0.5) is 4.39 Å². The number of carbonyl (C=O) groups is 1. The molecule has 0 heterocycles. The number of benzene rings is 1. The molecule has 0 aromatic heterocycles. The van der Waals surface area contributed by atoms with E-state index in [1.165, 1.54) is 6.07 Å². The van der Waals surface area contributed by atoms with E-state index >= 15 is 0 Å². The van der Waals surface area contributed by atoms with Crippen molar-refractivity contribution in [3.8, 4) is 0 Å². The van der Waals surface area contributed by atoms with Crippen LogP contribution >= 0.6 is 15.9 Å². The van der Waals surface area contributed by atoms with Crippen molar-refractivity contribution in [1.29, 1.82) is 0 Å². The van der Waals surface area contributed by atoms with E-state index in [1.807, 2.05) is 0 Å². The van der Waals surface area contributed by atoms with Gasteiger partial charge in [0.1, 0.15) is 5.82 Å². The van der Waals surface area contributed by atoms with Gasteiger partial charge < -0.3 is 5.73 Å². The quantitative estimate of drug-likeness (QED) is 0.829. The number of rotatable bonds is 3. The van der Waals surface area contributed by atoms with E-state index < -0.39 is 10.7 Å². The van der Waals surface area contributed by atoms with Crippen molar-refractivity contribution in [2.24, 2.45) is 5.73 Å². The topological polar surface area (TPSA) is 43.1 Å². The molecule has 1 amide bonds. The van der Waals surface area contributed by atoms with Gasteiger partial charge in [-0.1, -0.05) is 28.1 Å². The van der Waals surface area contributed by atoms with Crippen LogP contribution in [0, 0.1) is 12.7 Å². The van der Waals surface area contributed by atoms with Crippen LogP contribution in [0.2, 0.25) is 0 Å². The van der Waals surface area contributed by atoms with E-state index in [-0.39, 0.29) is 5.82 Å². The highest BCUT2D eigenvalue weighted by atomic mass is 79.9. The summed E-state index contributed by atoms with van der Waals surface area (Å²) in [6, 6.07) is 4.90. The molecular formula is C10H11BrFNO. The summed E-state index contributed by atoms with van der Waals surface area (Å²) < 4.78 is 13.1. The number of aryl methyl sites for hydroxylation is 1. The van der Waals surface area contributed by atoms with Crippen LogP contribution in [0.5, 0.6) is 0 Å². The zero-order chi connectivity index (χ0) is 10.7. The molecule has 0 saturated heterocycles. The molecule has 2 N–H and O–H groups in total. The summed E-state index contributed by atoms with van der Waals surface area (Å²) in [5, 5.41) is 0. The molecule has 0 aliphatic heterocycles. The SMILES string of the molecule is Cc1ccc(CC(Br)C(N)=O)cc1F. The van der Waals surface area contributed by atoms with Crippen molar-refractivity contribution in [3.63, 3.8) is 0 Å². The lowest BCUT2D eigenvalue weighted by Crippen LogP contribution is -2.25. The average Bonchev–Trinajstić information content (AvgIpc) is 2.11. The molecule has 0 aliphatic carbocycles. The molecule has 4 heteroatoms. The number of nitrogens with two attached hydrogens (primary N) is 1. The number of primary amides is 1. The van der Waals surface area contributed by atoms with Crippen molar-refractivity contribution in [2.45, 2.75) is 18.2 Å². The molecule has 0 fully saturated rings. The standard InChI is InChI=1S/C10H11BrFNO/c1-6-2-3-7(5-9(6)12)4-8(11)10(13)14/h2-3,5,8H,4H2,1H3,(H2,13,14). The summed E-state index contributed by atoms with van der Waals surface area (Å²) in [5.41, 5.74) is 6.43. The monoisotopic (exact) mass is 259 g/mol. The van der Waals surface area contributed by atoms with Gasteiger partial charge in [-0.05, 0) is 30.5 Å². The number of amides is 1. The Hall–Kier alpha value is -0.900. The van der Waals surface area contributed by atoms with E-state index in [0.717, 1.165) is 5.56 Å². The van der Waals surface area contributed by atoms with Crippen LogP contribution in [0.1, 0.15) is 11.1 Å². The molecule has 76 valence electrons. The van der Waals surface area contributed by atoms with Crippen LogP contribution < -0.4 is 5.73 Å². The van der Waals surface area contributed by atoms with Gasteiger partial charge in [-0.3, -0.25) is 4.79 Å². The maximum Gasteiger partial charge on any atom is 0.231 e. The predicted molar refractivity (Wildman–Crippen MR) is 56.8 cm³/mol. The predicted octanol–water partition coefficient (Wildman–Crippen LogP) is 1.93. The Morgan fingerprint density at radius 3 is 2.79 bits per heavy atom. The Labute approximate surface area is 90.4 Å². The van der Waals surface area contributed by atoms with Crippen molar-refractivity contribution >= 4 is 21.8 Å². The highest BCUT2D eigenvalue weighted by Crippen LogP contribution is 2.13. The van der Waals surface area contributed by atoms with Crippen LogP contribution in [-0.2, 0) is 11.2 Å². The second-order valence-electron chi connectivity index (χ2n) is 3.16. The van der Waals surface area contributed by atoms with Crippen molar-refractivity contribution in [2.75, 3.05) is 0 Å². The third-order valence-corrected chi connectivity index (χ3v) is 2.73. The Morgan fingerprint density at radius 2 is 2.29 bits per heavy atom. The van der Waals surface area contributed by atoms with Gasteiger partial charge in [0.15, 0.2) is 0 Å². The van der Waals surface area contributed by atoms with Gasteiger partial charge in [-0.2, -0.15) is 0 Å². The van der Waals surface area contributed by atoms with Gasteiger partial charge in [-0.15, -0.1) is 0 Å². The van der Waals surface area contributed by atoms with Gasteiger partial charge in [-0.25, -0.2) is 4.39 Å². The van der Waals surface area contributed by atoms with Gasteiger partial charge in [0.2, 0.25) is 5.91 Å². The number of hydrogen-bond acceptors (Lipinski definition) is 1. The van der Waals surface area contributed by atoms with Crippen molar-refractivity contribution in [3.05, 3.63) is 35.1 Å². The van der Waals surface area contributed by atoms with Crippen LogP contribution in [0.3, 0.4) is 0 Å². The fourth-order valence-corrected chi connectivity index (χ4v) is 1.44. The van der Waals surface area contributed by atoms with E-state index in [2.05, 4.69) is 15.9 Å². The largest absolute Gasteiger partial charge is 0.369 e. The molecule has 1 aromatic rings. The van der Waals surface area contributed by atoms with Crippen molar-refractivity contribution in [1.82, 2.24) is 0 Å². The highest BCUT2D eigenvalue weighted by molar-refractivity contribution is 9.10. The maximum absolute atomic E-state index is 13.1. The summed E-state index contributed by atoms with van der Waals surface area (Å²) in [4.78, 5) is 10.3. The molecule has 1 unspecified atom stereocenters. The second kappa shape index (κ2) is 4.55. The highest BCUT2D eigenvalue weighted by Gasteiger charge is 2.12. The molecular weight excluding hydrogens is 249 g/mol. The first-order valence-electron chi connectivity index (χ1n) is 4.19. The summed E-state index contributed by atoms with van der Waals surface area (Å²) in [6.07, 6.45) is 0.409. The van der Waals surface area contributed by atoms with Gasteiger partial charge in [0.25, 0.3) is 0 Å².